The number of hydrogen-bond acceptors (Lipinski definition) is 6. The van der Waals surface area contributed by atoms with Gasteiger partial charge < -0.3 is 19.5 Å². The molecule has 184 valence electrons. The van der Waals surface area contributed by atoms with E-state index in [1.54, 1.807) is 12.3 Å². The average molecular weight is 498 g/mol. The average Bonchev–Trinajstić information content (AvgIpc) is 2.83. The maximum Gasteiger partial charge on any atom is 0.407 e. The fourth-order valence-corrected chi connectivity index (χ4v) is 6.45. The highest BCUT2D eigenvalue weighted by atomic mass is 32.2. The van der Waals surface area contributed by atoms with Crippen molar-refractivity contribution in [2.24, 2.45) is 5.41 Å². The molecule has 1 N–H and O–H groups in total. The zero-order valence-corrected chi connectivity index (χ0v) is 20.5. The summed E-state index contributed by atoms with van der Waals surface area (Å²) in [5, 5.41) is 19.0. The predicted molar refractivity (Wildman–Crippen MR) is 128 cm³/mol. The molecule has 2 heterocycles. The van der Waals surface area contributed by atoms with Gasteiger partial charge in [-0.25, -0.2) is 9.18 Å². The van der Waals surface area contributed by atoms with Crippen molar-refractivity contribution < 1.29 is 18.8 Å². The molecule has 5 rings (SSSR count). The summed E-state index contributed by atoms with van der Waals surface area (Å²) >= 11 is -1.38. The summed E-state index contributed by atoms with van der Waals surface area (Å²) in [6.07, 6.45) is 5.42. The highest BCUT2D eigenvalue weighted by molar-refractivity contribution is 7.90. The summed E-state index contributed by atoms with van der Waals surface area (Å²) in [7, 11) is 0. The number of rotatable bonds is 3. The lowest BCUT2D eigenvalue weighted by molar-refractivity contribution is 0.119. The van der Waals surface area contributed by atoms with Gasteiger partial charge in [-0.1, -0.05) is 12.1 Å². The summed E-state index contributed by atoms with van der Waals surface area (Å²) < 4.78 is 26.8. The highest BCUT2D eigenvalue weighted by Gasteiger charge is 2.41. The summed E-state index contributed by atoms with van der Waals surface area (Å²) in [6, 6.07) is 6.97. The topological polar surface area (TPSA) is 116 Å². The molecule has 1 spiro atoms. The Morgan fingerprint density at radius 2 is 2.06 bits per heavy atom. The molecule has 2 aromatic rings. The minimum Gasteiger partial charge on any atom is -0.609 e. The van der Waals surface area contributed by atoms with Gasteiger partial charge in [-0.2, -0.15) is 15.2 Å². The van der Waals surface area contributed by atoms with Crippen molar-refractivity contribution in [3.8, 4) is 6.07 Å². The van der Waals surface area contributed by atoms with Gasteiger partial charge in [0.2, 0.25) is 0 Å². The molecule has 1 aromatic carbocycles. The van der Waals surface area contributed by atoms with Gasteiger partial charge in [0.1, 0.15) is 17.9 Å². The van der Waals surface area contributed by atoms with E-state index in [-0.39, 0.29) is 29.4 Å². The van der Waals surface area contributed by atoms with Crippen molar-refractivity contribution in [1.29, 1.82) is 5.26 Å². The van der Waals surface area contributed by atoms with Crippen LogP contribution in [-0.4, -0.2) is 62.6 Å². The number of carboxylic acid groups (broad SMARTS) is 1. The van der Waals surface area contributed by atoms with Crippen LogP contribution in [0.5, 0.6) is 0 Å². The fraction of sp³-hybridized carbons (Fsp3) is 0.520. The molecule has 0 saturated carbocycles. The number of hydrogen-bond donors (Lipinski definition) is 1. The Kier molecular flexibility index (Phi) is 6.32. The monoisotopic (exact) mass is 497 g/mol. The van der Waals surface area contributed by atoms with Gasteiger partial charge in [0, 0.05) is 36.4 Å². The molecule has 3 aliphatic rings. The zero-order valence-electron chi connectivity index (χ0n) is 19.7. The van der Waals surface area contributed by atoms with E-state index in [1.165, 1.54) is 11.0 Å². The number of halogens is 1. The molecule has 3 atom stereocenters. The number of aromatic nitrogens is 2. The first-order valence-electron chi connectivity index (χ1n) is 11.9. The lowest BCUT2D eigenvalue weighted by Crippen LogP contribution is -2.55. The van der Waals surface area contributed by atoms with E-state index in [1.807, 2.05) is 11.0 Å². The molecule has 0 radical (unpaired) electrons. The van der Waals surface area contributed by atoms with Crippen LogP contribution in [0, 0.1) is 22.6 Å². The number of amides is 1. The second-order valence-corrected chi connectivity index (χ2v) is 11.2. The lowest BCUT2D eigenvalue weighted by Gasteiger charge is -2.44. The van der Waals surface area contributed by atoms with Crippen LogP contribution in [0.15, 0.2) is 23.4 Å². The van der Waals surface area contributed by atoms with Gasteiger partial charge in [0.05, 0.1) is 24.2 Å². The van der Waals surface area contributed by atoms with Gasteiger partial charge in [-0.3, -0.25) is 0 Å². The van der Waals surface area contributed by atoms with Gasteiger partial charge in [-0.05, 0) is 61.1 Å². The van der Waals surface area contributed by atoms with Crippen LogP contribution in [0.4, 0.5) is 15.0 Å². The second-order valence-electron chi connectivity index (χ2n) is 9.88. The van der Waals surface area contributed by atoms with Crippen LogP contribution in [0.3, 0.4) is 0 Å². The van der Waals surface area contributed by atoms with Gasteiger partial charge in [0.25, 0.3) is 0 Å². The Bertz CT molecular complexity index is 1200. The Morgan fingerprint density at radius 3 is 2.77 bits per heavy atom. The Balaban J connectivity index is 1.47. The van der Waals surface area contributed by atoms with Crippen molar-refractivity contribution >= 4 is 23.1 Å². The van der Waals surface area contributed by atoms with Crippen LogP contribution in [0.2, 0.25) is 0 Å². The van der Waals surface area contributed by atoms with E-state index in [9.17, 15) is 24.1 Å². The van der Waals surface area contributed by atoms with Crippen molar-refractivity contribution in [2.75, 3.05) is 30.8 Å². The number of piperazine rings is 1. The Morgan fingerprint density at radius 1 is 1.29 bits per heavy atom. The SMILES string of the molecule is C[S+]([O-])c1nc2c(c(N3CCN(C(=O)O)[C@@H](CC#N)C3)n1)CC[C@@]1(CCc3c(F)cccc3C1)C2. The summed E-state index contributed by atoms with van der Waals surface area (Å²) in [4.78, 5) is 24.4. The van der Waals surface area contributed by atoms with Crippen molar-refractivity contribution in [2.45, 2.75) is 56.1 Å². The molecular formula is C25H28FN5O3S. The summed E-state index contributed by atoms with van der Waals surface area (Å²) in [5.41, 5.74) is 3.79. The third kappa shape index (κ3) is 4.43. The summed E-state index contributed by atoms with van der Waals surface area (Å²) in [6.45, 7) is 1.08. The van der Waals surface area contributed by atoms with Crippen LogP contribution >= 0.6 is 0 Å². The number of carbonyl (C=O) groups is 1. The predicted octanol–water partition coefficient (Wildman–Crippen LogP) is 3.10. The number of fused-ring (bicyclic) bond motifs is 2. The maximum atomic E-state index is 14.3. The normalized spacial score (nSPS) is 24.5. The zero-order chi connectivity index (χ0) is 24.7. The summed E-state index contributed by atoms with van der Waals surface area (Å²) in [5.74, 6) is 0.583. The minimum absolute atomic E-state index is 0.0166. The Hall–Kier alpha value is -2.90. The van der Waals surface area contributed by atoms with Crippen LogP contribution in [0.1, 0.15) is 41.6 Å². The molecule has 0 bridgehead atoms. The van der Waals surface area contributed by atoms with Gasteiger partial charge >= 0.3 is 11.2 Å². The quantitative estimate of drug-likeness (QED) is 0.512. The molecule has 1 aliphatic heterocycles. The standard InChI is InChI=1S/C25H28FN5O3S/c1-35(34)23-28-21-14-25(8-5-18-16(13-25)3-2-4-20(18)26)9-6-19(21)22(29-23)30-11-12-31(24(32)33)17(15-30)7-10-27/h2-4,17H,5-9,11-15H2,1H3,(H,32,33)/t17-,25+,35?/m0/s1. The number of anilines is 1. The first-order chi connectivity index (χ1) is 16.8. The molecule has 1 amide bonds. The van der Waals surface area contributed by atoms with E-state index >= 15 is 0 Å². The highest BCUT2D eigenvalue weighted by Crippen LogP contribution is 2.47. The lowest BCUT2D eigenvalue weighted by atomic mass is 9.63. The van der Waals surface area contributed by atoms with Crippen LogP contribution < -0.4 is 4.90 Å². The van der Waals surface area contributed by atoms with E-state index in [2.05, 4.69) is 11.1 Å². The smallest absolute Gasteiger partial charge is 0.407 e. The van der Waals surface area contributed by atoms with E-state index in [0.29, 0.717) is 31.7 Å². The van der Waals surface area contributed by atoms with E-state index in [4.69, 9.17) is 4.98 Å². The van der Waals surface area contributed by atoms with Crippen LogP contribution in [0.25, 0.3) is 0 Å². The largest absolute Gasteiger partial charge is 0.609 e. The van der Waals surface area contributed by atoms with Gasteiger partial charge in [0.15, 0.2) is 0 Å². The first kappa shape index (κ1) is 23.8. The molecule has 2 aliphatic carbocycles. The molecule has 8 nitrogen and oxygen atoms in total. The van der Waals surface area contributed by atoms with Gasteiger partial charge in [-0.15, -0.1) is 0 Å². The Labute approximate surface area is 207 Å². The first-order valence-corrected chi connectivity index (χ1v) is 13.5. The number of nitriles is 1. The minimum atomic E-state index is -1.38. The molecule has 1 fully saturated rings. The number of benzene rings is 1. The number of nitrogens with zero attached hydrogens (tertiary/aromatic N) is 5. The molecule has 1 unspecified atom stereocenters. The second kappa shape index (κ2) is 9.28. The maximum absolute atomic E-state index is 14.3. The molecule has 1 saturated heterocycles. The molecular weight excluding hydrogens is 469 g/mol. The van der Waals surface area contributed by atoms with Crippen LogP contribution in [-0.2, 0) is 36.9 Å². The molecule has 10 heteroatoms. The van der Waals surface area contributed by atoms with E-state index < -0.39 is 23.3 Å². The third-order valence-corrected chi connectivity index (χ3v) is 8.49. The molecule has 35 heavy (non-hydrogen) atoms. The third-order valence-electron chi connectivity index (χ3n) is 7.80. The fourth-order valence-electron chi connectivity index (χ4n) is 6.00. The molecule has 1 aromatic heterocycles. The van der Waals surface area contributed by atoms with E-state index in [0.717, 1.165) is 48.1 Å². The van der Waals surface area contributed by atoms with Crippen molar-refractivity contribution in [1.82, 2.24) is 14.9 Å². The van der Waals surface area contributed by atoms with Crippen molar-refractivity contribution in [3.63, 3.8) is 0 Å². The van der Waals surface area contributed by atoms with Crippen molar-refractivity contribution in [3.05, 3.63) is 46.4 Å².